The Bertz CT molecular complexity index is 891. The Labute approximate surface area is 194 Å². The van der Waals surface area contributed by atoms with E-state index in [9.17, 15) is 4.79 Å². The molecule has 1 unspecified atom stereocenters. The number of nitrogens with one attached hydrogen (secondary N) is 1. The van der Waals surface area contributed by atoms with Crippen molar-refractivity contribution in [3.8, 4) is 0 Å². The first kappa shape index (κ1) is 24.8. The van der Waals surface area contributed by atoms with E-state index in [4.69, 9.17) is 22.1 Å². The Morgan fingerprint density at radius 2 is 2.23 bits per heavy atom. The number of nitrogens with two attached hydrogens (primary N) is 1. The van der Waals surface area contributed by atoms with Crippen molar-refractivity contribution >= 4 is 35.0 Å². The summed E-state index contributed by atoms with van der Waals surface area (Å²) in [5.74, 6) is 1.09. The van der Waals surface area contributed by atoms with Gasteiger partial charge in [0, 0.05) is 34.4 Å². The molecule has 0 radical (unpaired) electrons. The van der Waals surface area contributed by atoms with E-state index in [1.807, 2.05) is 50.3 Å². The fourth-order valence-electron chi connectivity index (χ4n) is 2.80. The monoisotopic (exact) mass is 459 g/mol. The van der Waals surface area contributed by atoms with E-state index in [1.165, 1.54) is 0 Å². The molecule has 1 aromatic rings. The zero-order valence-corrected chi connectivity index (χ0v) is 19.6. The van der Waals surface area contributed by atoms with Crippen molar-refractivity contribution in [3.63, 3.8) is 0 Å². The van der Waals surface area contributed by atoms with Crippen molar-refractivity contribution in [2.45, 2.75) is 43.4 Å². The molecule has 0 aromatic carbocycles. The lowest BCUT2D eigenvalue weighted by molar-refractivity contribution is -0.123. The summed E-state index contributed by atoms with van der Waals surface area (Å²) in [7, 11) is 0. The third-order valence-electron chi connectivity index (χ3n) is 4.33. The molecule has 3 rings (SSSR count). The third-order valence-corrected chi connectivity index (χ3v) is 5.78. The maximum Gasteiger partial charge on any atom is 0.262 e. The van der Waals surface area contributed by atoms with Crippen LogP contribution in [0.15, 0.2) is 82.9 Å². The van der Waals surface area contributed by atoms with E-state index in [-0.39, 0.29) is 17.9 Å². The van der Waals surface area contributed by atoms with Gasteiger partial charge in [-0.05, 0) is 49.1 Å². The van der Waals surface area contributed by atoms with Crippen LogP contribution in [0.2, 0.25) is 0 Å². The molecule has 0 aliphatic heterocycles. The summed E-state index contributed by atoms with van der Waals surface area (Å²) < 4.78 is 5.63. The van der Waals surface area contributed by atoms with Crippen LogP contribution in [0.4, 0.5) is 5.69 Å². The van der Waals surface area contributed by atoms with Gasteiger partial charge in [-0.1, -0.05) is 38.2 Å². The number of nitrogen functional groups attached to an aromatic ring is 1. The Hall–Kier alpha value is -2.44. The van der Waals surface area contributed by atoms with Gasteiger partial charge in [0.15, 0.2) is 6.61 Å². The van der Waals surface area contributed by atoms with Gasteiger partial charge in [0.2, 0.25) is 0 Å². The standard InChI is InChI=1S/C22H24ClN3O2S.C2H6/c23-17-7-4-5-8-18(12-17)28-14-22(27)26-20-9-3-1-2-6-16(20)15-29-21-13-25-11-10-19(21)24;1-2/h1,3,5-6,8-13,17H,2,4,7,14-15H2,(H2,24,25)(H,26,27);1-2H3. The number of carbonyl (C=O) groups excluding carboxylic acids is 1. The summed E-state index contributed by atoms with van der Waals surface area (Å²) in [6.07, 6.45) is 19.7. The molecule has 2 aliphatic rings. The quantitative estimate of drug-likeness (QED) is 0.414. The molecule has 0 bridgehead atoms. The molecule has 2 aliphatic carbocycles. The molecule has 0 saturated heterocycles. The highest BCUT2D eigenvalue weighted by molar-refractivity contribution is 7.99. The number of anilines is 1. The van der Waals surface area contributed by atoms with Crippen molar-refractivity contribution in [3.05, 3.63) is 78.0 Å². The molecule has 0 spiro atoms. The highest BCUT2D eigenvalue weighted by Gasteiger charge is 2.13. The Morgan fingerprint density at radius 3 is 3.03 bits per heavy atom. The number of halogens is 1. The SMILES string of the molecule is CC.Nc1ccncc1SCC1=CCC=CC=C1NC(=O)COC1=CC(Cl)CCC=C1. The molecular weight excluding hydrogens is 430 g/mol. The number of aromatic nitrogens is 1. The van der Waals surface area contributed by atoms with Crippen LogP contribution in [0.3, 0.4) is 0 Å². The number of allylic oxidation sites excluding steroid dienone is 8. The van der Waals surface area contributed by atoms with Crippen LogP contribution >= 0.6 is 23.4 Å². The maximum atomic E-state index is 12.5. The zero-order chi connectivity index (χ0) is 22.5. The lowest BCUT2D eigenvalue weighted by Crippen LogP contribution is -2.28. The van der Waals surface area contributed by atoms with Gasteiger partial charge in [0.1, 0.15) is 5.76 Å². The van der Waals surface area contributed by atoms with Crippen molar-refractivity contribution in [2.75, 3.05) is 18.1 Å². The first-order valence-electron chi connectivity index (χ1n) is 10.5. The number of alkyl halides is 1. The molecule has 1 aromatic heterocycles. The Balaban J connectivity index is 0.00000166. The fourth-order valence-corrected chi connectivity index (χ4v) is 4.00. The second-order valence-corrected chi connectivity index (χ2v) is 8.16. The number of ether oxygens (including phenoxy) is 1. The smallest absolute Gasteiger partial charge is 0.262 e. The maximum absolute atomic E-state index is 12.5. The minimum atomic E-state index is -0.215. The van der Waals surface area contributed by atoms with Gasteiger partial charge in [-0.25, -0.2) is 0 Å². The number of amides is 1. The lowest BCUT2D eigenvalue weighted by atomic mass is 10.2. The van der Waals surface area contributed by atoms with Crippen molar-refractivity contribution in [1.29, 1.82) is 0 Å². The summed E-state index contributed by atoms with van der Waals surface area (Å²) in [6, 6.07) is 1.78. The van der Waals surface area contributed by atoms with Gasteiger partial charge in [-0.15, -0.1) is 23.4 Å². The van der Waals surface area contributed by atoms with E-state index in [2.05, 4.69) is 16.4 Å². The molecule has 1 amide bonds. The zero-order valence-electron chi connectivity index (χ0n) is 18.0. The summed E-state index contributed by atoms with van der Waals surface area (Å²) in [5.41, 5.74) is 8.50. The average molecular weight is 460 g/mol. The third kappa shape index (κ3) is 8.67. The molecule has 1 heterocycles. The minimum absolute atomic E-state index is 0.0726. The second kappa shape index (κ2) is 13.8. The molecule has 0 saturated carbocycles. The second-order valence-electron chi connectivity index (χ2n) is 6.58. The summed E-state index contributed by atoms with van der Waals surface area (Å²) in [4.78, 5) is 17.5. The normalized spacial score (nSPS) is 17.8. The van der Waals surface area contributed by atoms with Crippen LogP contribution in [0, 0.1) is 0 Å². The van der Waals surface area contributed by atoms with Gasteiger partial charge in [0.05, 0.1) is 5.38 Å². The number of hydrogen-bond donors (Lipinski definition) is 2. The number of nitrogens with zero attached hydrogens (tertiary/aromatic N) is 1. The van der Waals surface area contributed by atoms with Crippen molar-refractivity contribution < 1.29 is 9.53 Å². The average Bonchev–Trinajstić information content (AvgIpc) is 3.13. The largest absolute Gasteiger partial charge is 0.484 e. The van der Waals surface area contributed by atoms with Crippen molar-refractivity contribution in [2.24, 2.45) is 0 Å². The first-order valence-corrected chi connectivity index (χ1v) is 11.9. The van der Waals surface area contributed by atoms with Gasteiger partial charge in [-0.3, -0.25) is 9.78 Å². The number of pyridine rings is 1. The van der Waals surface area contributed by atoms with E-state index in [0.717, 1.165) is 35.4 Å². The molecule has 7 heteroatoms. The number of thioether (sulfide) groups is 1. The molecule has 0 fully saturated rings. The summed E-state index contributed by atoms with van der Waals surface area (Å²) in [5, 5.41) is 2.88. The van der Waals surface area contributed by atoms with Crippen LogP contribution in [0.25, 0.3) is 0 Å². The van der Waals surface area contributed by atoms with Gasteiger partial charge < -0.3 is 15.8 Å². The van der Waals surface area contributed by atoms with E-state index < -0.39 is 0 Å². The Kier molecular flexibility index (Phi) is 11.0. The lowest BCUT2D eigenvalue weighted by Gasteiger charge is -2.14. The molecule has 5 nitrogen and oxygen atoms in total. The van der Waals surface area contributed by atoms with E-state index in [0.29, 0.717) is 17.2 Å². The van der Waals surface area contributed by atoms with Crippen molar-refractivity contribution in [1.82, 2.24) is 10.3 Å². The van der Waals surface area contributed by atoms with Crippen LogP contribution in [-0.4, -0.2) is 28.6 Å². The highest BCUT2D eigenvalue weighted by atomic mass is 35.5. The van der Waals surface area contributed by atoms with Crippen LogP contribution in [-0.2, 0) is 9.53 Å². The summed E-state index contributed by atoms with van der Waals surface area (Å²) in [6.45, 7) is 3.93. The van der Waals surface area contributed by atoms with Crippen LogP contribution < -0.4 is 11.1 Å². The van der Waals surface area contributed by atoms with Gasteiger partial charge in [-0.2, -0.15) is 0 Å². The van der Waals surface area contributed by atoms with Crippen LogP contribution in [0.5, 0.6) is 0 Å². The summed E-state index contributed by atoms with van der Waals surface area (Å²) >= 11 is 7.78. The molecule has 3 N–H and O–H groups in total. The predicted octanol–water partition coefficient (Wildman–Crippen LogP) is 5.53. The van der Waals surface area contributed by atoms with E-state index in [1.54, 1.807) is 30.2 Å². The number of hydrogen-bond acceptors (Lipinski definition) is 5. The van der Waals surface area contributed by atoms with Crippen LogP contribution in [0.1, 0.15) is 33.1 Å². The van der Waals surface area contributed by atoms with E-state index >= 15 is 0 Å². The molecule has 1 atom stereocenters. The highest BCUT2D eigenvalue weighted by Crippen LogP contribution is 2.28. The predicted molar refractivity (Wildman–Crippen MR) is 131 cm³/mol. The number of rotatable bonds is 7. The van der Waals surface area contributed by atoms with Gasteiger partial charge in [0.25, 0.3) is 5.91 Å². The molecule has 166 valence electrons. The fraction of sp³-hybridized carbons (Fsp3) is 0.333. The molecule has 31 heavy (non-hydrogen) atoms. The Morgan fingerprint density at radius 1 is 1.39 bits per heavy atom. The molecular formula is C24H30ClN3O2S. The topological polar surface area (TPSA) is 77.2 Å². The number of carbonyl (C=O) groups is 1. The first-order chi connectivity index (χ1) is 15.1. The van der Waals surface area contributed by atoms with Gasteiger partial charge >= 0.3 is 0 Å². The minimum Gasteiger partial charge on any atom is -0.484 e.